The highest BCUT2D eigenvalue weighted by atomic mass is 16.5. The minimum absolute atomic E-state index is 0.501. The molecule has 0 aromatic carbocycles. The van der Waals surface area contributed by atoms with Gasteiger partial charge in [0.2, 0.25) is 5.88 Å². The number of pyridine rings is 1. The van der Waals surface area contributed by atoms with Crippen molar-refractivity contribution in [3.8, 4) is 5.88 Å². The van der Waals surface area contributed by atoms with Gasteiger partial charge in [-0.3, -0.25) is 4.68 Å². The molecule has 1 unspecified atom stereocenters. The number of ether oxygens (including phenoxy) is 1. The molecule has 0 aliphatic rings. The van der Waals surface area contributed by atoms with Crippen LogP contribution in [0.4, 0.5) is 0 Å². The van der Waals surface area contributed by atoms with E-state index in [4.69, 9.17) is 4.74 Å². The largest absolute Gasteiger partial charge is 0.481 e. The number of methoxy groups -OCH3 is 1. The van der Waals surface area contributed by atoms with Gasteiger partial charge in [0.05, 0.1) is 18.5 Å². The Kier molecular flexibility index (Phi) is 4.74. The highest BCUT2D eigenvalue weighted by Crippen LogP contribution is 2.19. The fraction of sp³-hybridized carbons (Fsp3) is 0.467. The van der Waals surface area contributed by atoms with Crippen molar-refractivity contribution < 1.29 is 9.84 Å². The molecule has 20 heavy (non-hydrogen) atoms. The Bertz CT molecular complexity index is 566. The van der Waals surface area contributed by atoms with Gasteiger partial charge < -0.3 is 9.84 Å². The van der Waals surface area contributed by atoms with Crippen molar-refractivity contribution >= 4 is 0 Å². The summed E-state index contributed by atoms with van der Waals surface area (Å²) in [6.07, 6.45) is 0.742. The van der Waals surface area contributed by atoms with E-state index in [1.54, 1.807) is 19.2 Å². The summed E-state index contributed by atoms with van der Waals surface area (Å²) in [6.45, 7) is 4.92. The zero-order valence-electron chi connectivity index (χ0n) is 12.2. The van der Waals surface area contributed by atoms with Crippen molar-refractivity contribution in [3.63, 3.8) is 0 Å². The summed E-state index contributed by atoms with van der Waals surface area (Å²) in [4.78, 5) is 4.27. The summed E-state index contributed by atoms with van der Waals surface area (Å²) in [5.74, 6) is 0.514. The first-order valence-electron chi connectivity index (χ1n) is 6.92. The minimum atomic E-state index is -0.656. The molecule has 0 saturated carbocycles. The van der Waals surface area contributed by atoms with Crippen LogP contribution < -0.4 is 4.74 Å². The Morgan fingerprint density at radius 3 is 2.80 bits per heavy atom. The molecule has 5 heteroatoms. The Morgan fingerprint density at radius 2 is 2.15 bits per heavy atom. The lowest BCUT2D eigenvalue weighted by Crippen LogP contribution is -2.09. The van der Waals surface area contributed by atoms with Crippen LogP contribution >= 0.6 is 0 Å². The zero-order valence-corrected chi connectivity index (χ0v) is 12.2. The number of rotatable bonds is 6. The predicted octanol–water partition coefficient (Wildman–Crippen LogP) is 2.15. The molecule has 108 valence electrons. The quantitative estimate of drug-likeness (QED) is 0.877. The van der Waals surface area contributed by atoms with Crippen molar-refractivity contribution in [2.75, 3.05) is 7.11 Å². The molecule has 0 spiro atoms. The first-order chi connectivity index (χ1) is 9.67. The second-order valence-electron chi connectivity index (χ2n) is 4.62. The fourth-order valence-corrected chi connectivity index (χ4v) is 2.16. The standard InChI is InChI=1S/C15H21N3O2/c1-4-11-9-12(18(5-2)17-11)10-14(19)13-7-6-8-15(16-13)20-3/h6-9,14,19H,4-5,10H2,1-3H3. The van der Waals surface area contributed by atoms with Gasteiger partial charge in [-0.25, -0.2) is 4.98 Å². The van der Waals surface area contributed by atoms with Gasteiger partial charge in [-0.1, -0.05) is 13.0 Å². The van der Waals surface area contributed by atoms with Crippen LogP contribution in [0.3, 0.4) is 0 Å². The third-order valence-corrected chi connectivity index (χ3v) is 3.27. The first kappa shape index (κ1) is 14.5. The average molecular weight is 275 g/mol. The number of nitrogens with zero attached hydrogens (tertiary/aromatic N) is 3. The van der Waals surface area contributed by atoms with E-state index < -0.39 is 6.10 Å². The normalized spacial score (nSPS) is 12.4. The second kappa shape index (κ2) is 6.52. The number of aliphatic hydroxyl groups excluding tert-OH is 1. The summed E-state index contributed by atoms with van der Waals surface area (Å²) in [7, 11) is 1.57. The topological polar surface area (TPSA) is 60.2 Å². The van der Waals surface area contributed by atoms with Crippen molar-refractivity contribution in [1.29, 1.82) is 0 Å². The Morgan fingerprint density at radius 1 is 1.35 bits per heavy atom. The number of aryl methyl sites for hydroxylation is 2. The van der Waals surface area contributed by atoms with Gasteiger partial charge in [0.15, 0.2) is 0 Å². The molecule has 0 saturated heterocycles. The van der Waals surface area contributed by atoms with E-state index in [-0.39, 0.29) is 0 Å². The van der Waals surface area contributed by atoms with Gasteiger partial charge in [0, 0.05) is 24.7 Å². The molecule has 0 amide bonds. The summed E-state index contributed by atoms with van der Waals surface area (Å²) in [5, 5.41) is 14.8. The lowest BCUT2D eigenvalue weighted by atomic mass is 10.1. The van der Waals surface area contributed by atoms with E-state index in [2.05, 4.69) is 17.0 Å². The van der Waals surface area contributed by atoms with Crippen LogP contribution in [-0.2, 0) is 19.4 Å². The Labute approximate surface area is 119 Å². The van der Waals surface area contributed by atoms with Gasteiger partial charge in [0.1, 0.15) is 6.10 Å². The van der Waals surface area contributed by atoms with Gasteiger partial charge in [-0.05, 0) is 25.5 Å². The monoisotopic (exact) mass is 275 g/mol. The third kappa shape index (κ3) is 3.17. The molecule has 0 aliphatic carbocycles. The molecule has 1 N–H and O–H groups in total. The van der Waals surface area contributed by atoms with Gasteiger partial charge >= 0.3 is 0 Å². The summed E-state index contributed by atoms with van der Waals surface area (Å²) < 4.78 is 7.01. The fourth-order valence-electron chi connectivity index (χ4n) is 2.16. The van der Waals surface area contributed by atoms with E-state index in [1.807, 2.05) is 23.7 Å². The van der Waals surface area contributed by atoms with E-state index in [1.165, 1.54) is 0 Å². The molecule has 0 fully saturated rings. The highest BCUT2D eigenvalue weighted by molar-refractivity contribution is 5.19. The molecule has 0 bridgehead atoms. The average Bonchev–Trinajstić information content (AvgIpc) is 2.89. The van der Waals surface area contributed by atoms with Crippen molar-refractivity contribution in [3.05, 3.63) is 41.3 Å². The molecule has 2 aromatic heterocycles. The molecule has 2 heterocycles. The number of aromatic nitrogens is 3. The molecular weight excluding hydrogens is 254 g/mol. The Hall–Kier alpha value is -1.88. The smallest absolute Gasteiger partial charge is 0.213 e. The van der Waals surface area contributed by atoms with Crippen molar-refractivity contribution in [2.45, 2.75) is 39.3 Å². The summed E-state index contributed by atoms with van der Waals surface area (Å²) in [5.41, 5.74) is 2.69. The molecule has 5 nitrogen and oxygen atoms in total. The predicted molar refractivity (Wildman–Crippen MR) is 76.7 cm³/mol. The minimum Gasteiger partial charge on any atom is -0.481 e. The molecule has 0 aliphatic heterocycles. The molecule has 2 aromatic rings. The summed E-state index contributed by atoms with van der Waals surface area (Å²) >= 11 is 0. The Balaban J connectivity index is 2.18. The van der Waals surface area contributed by atoms with E-state index in [0.29, 0.717) is 18.0 Å². The van der Waals surface area contributed by atoms with E-state index >= 15 is 0 Å². The van der Waals surface area contributed by atoms with Gasteiger partial charge in [0.25, 0.3) is 0 Å². The van der Waals surface area contributed by atoms with Crippen molar-refractivity contribution in [2.24, 2.45) is 0 Å². The van der Waals surface area contributed by atoms with Gasteiger partial charge in [-0.15, -0.1) is 0 Å². The maximum atomic E-state index is 10.3. The molecular formula is C15H21N3O2. The van der Waals surface area contributed by atoms with Crippen LogP contribution in [0, 0.1) is 0 Å². The second-order valence-corrected chi connectivity index (χ2v) is 4.62. The van der Waals surface area contributed by atoms with Crippen LogP contribution in [0.1, 0.15) is 37.0 Å². The number of hydrogen-bond donors (Lipinski definition) is 1. The van der Waals surface area contributed by atoms with E-state index in [0.717, 1.165) is 24.4 Å². The van der Waals surface area contributed by atoms with Crippen molar-refractivity contribution in [1.82, 2.24) is 14.8 Å². The lowest BCUT2D eigenvalue weighted by Gasteiger charge is -2.12. The first-order valence-corrected chi connectivity index (χ1v) is 6.92. The summed E-state index contributed by atoms with van der Waals surface area (Å²) in [6, 6.07) is 7.45. The number of hydrogen-bond acceptors (Lipinski definition) is 4. The lowest BCUT2D eigenvalue weighted by molar-refractivity contribution is 0.169. The molecule has 1 atom stereocenters. The molecule has 2 rings (SSSR count). The highest BCUT2D eigenvalue weighted by Gasteiger charge is 2.15. The maximum Gasteiger partial charge on any atom is 0.213 e. The maximum absolute atomic E-state index is 10.3. The SMILES string of the molecule is CCc1cc(CC(O)c2cccc(OC)n2)n(CC)n1. The van der Waals surface area contributed by atoms with Gasteiger partial charge in [-0.2, -0.15) is 5.10 Å². The van der Waals surface area contributed by atoms with Crippen LogP contribution in [0.25, 0.3) is 0 Å². The number of aliphatic hydroxyl groups is 1. The van der Waals surface area contributed by atoms with Crippen LogP contribution in [0.15, 0.2) is 24.3 Å². The van der Waals surface area contributed by atoms with E-state index in [9.17, 15) is 5.11 Å². The van der Waals surface area contributed by atoms with Crippen LogP contribution in [-0.4, -0.2) is 27.0 Å². The molecule has 0 radical (unpaired) electrons. The van der Waals surface area contributed by atoms with Crippen LogP contribution in [0.5, 0.6) is 5.88 Å². The zero-order chi connectivity index (χ0) is 14.5. The third-order valence-electron chi connectivity index (χ3n) is 3.27. The van der Waals surface area contributed by atoms with Crippen LogP contribution in [0.2, 0.25) is 0 Å².